The van der Waals surface area contributed by atoms with Gasteiger partial charge in [-0.3, -0.25) is 14.5 Å². The molecule has 0 saturated carbocycles. The second-order valence-corrected chi connectivity index (χ2v) is 6.80. The lowest BCUT2D eigenvalue weighted by Crippen LogP contribution is -2.30. The van der Waals surface area contributed by atoms with E-state index in [-0.39, 0.29) is 11.8 Å². The minimum atomic E-state index is -0.936. The number of rotatable bonds is 7. The van der Waals surface area contributed by atoms with Gasteiger partial charge in [0, 0.05) is 11.4 Å². The number of carbonyl (C=O) groups excluding carboxylic acids is 2. The van der Waals surface area contributed by atoms with Crippen LogP contribution in [0.4, 0.5) is 0 Å². The maximum Gasteiger partial charge on any atom is 0.336 e. The zero-order valence-electron chi connectivity index (χ0n) is 13.5. The van der Waals surface area contributed by atoms with Gasteiger partial charge in [0.05, 0.1) is 16.7 Å². The van der Waals surface area contributed by atoms with Crippen LogP contribution in [-0.4, -0.2) is 40.1 Å². The number of amides is 2. The summed E-state index contributed by atoms with van der Waals surface area (Å²) in [6.45, 7) is 0.382. The van der Waals surface area contributed by atoms with Gasteiger partial charge in [0.15, 0.2) is 0 Å². The molecule has 1 heterocycles. The SMILES string of the molecule is O=C(O)c1ccccc1SCCCCN1C(=O)c2ccccc2C1=O. The van der Waals surface area contributed by atoms with Crippen molar-refractivity contribution in [3.05, 3.63) is 65.2 Å². The predicted octanol–water partition coefficient (Wildman–Crippen LogP) is 3.55. The Hall–Kier alpha value is -2.60. The van der Waals surface area contributed by atoms with Gasteiger partial charge in [-0.15, -0.1) is 11.8 Å². The number of aromatic carboxylic acids is 1. The number of imide groups is 1. The lowest BCUT2D eigenvalue weighted by molar-refractivity contribution is 0.0648. The Kier molecular flexibility index (Phi) is 5.19. The van der Waals surface area contributed by atoms with Crippen molar-refractivity contribution in [3.8, 4) is 0 Å². The van der Waals surface area contributed by atoms with E-state index >= 15 is 0 Å². The van der Waals surface area contributed by atoms with Crippen molar-refractivity contribution in [1.29, 1.82) is 0 Å². The quantitative estimate of drug-likeness (QED) is 0.467. The molecule has 0 spiro atoms. The van der Waals surface area contributed by atoms with E-state index in [0.29, 0.717) is 29.7 Å². The van der Waals surface area contributed by atoms with E-state index in [0.717, 1.165) is 17.1 Å². The highest BCUT2D eigenvalue weighted by atomic mass is 32.2. The predicted molar refractivity (Wildman–Crippen MR) is 95.2 cm³/mol. The second kappa shape index (κ2) is 7.53. The number of hydrogen-bond acceptors (Lipinski definition) is 4. The first-order chi connectivity index (χ1) is 12.1. The van der Waals surface area contributed by atoms with Gasteiger partial charge in [0.2, 0.25) is 0 Å². The first-order valence-electron chi connectivity index (χ1n) is 8.00. The van der Waals surface area contributed by atoms with Crippen LogP contribution in [-0.2, 0) is 0 Å². The Morgan fingerprint density at radius 1 is 0.920 bits per heavy atom. The molecule has 25 heavy (non-hydrogen) atoms. The lowest BCUT2D eigenvalue weighted by atomic mass is 10.1. The molecule has 5 nitrogen and oxygen atoms in total. The average Bonchev–Trinajstić information content (AvgIpc) is 2.87. The lowest BCUT2D eigenvalue weighted by Gasteiger charge is -2.13. The highest BCUT2D eigenvalue weighted by molar-refractivity contribution is 7.99. The van der Waals surface area contributed by atoms with Crippen molar-refractivity contribution < 1.29 is 19.5 Å². The van der Waals surface area contributed by atoms with E-state index in [4.69, 9.17) is 5.11 Å². The van der Waals surface area contributed by atoms with E-state index in [1.54, 1.807) is 42.5 Å². The highest BCUT2D eigenvalue weighted by Crippen LogP contribution is 2.25. The topological polar surface area (TPSA) is 74.7 Å². The summed E-state index contributed by atoms with van der Waals surface area (Å²) in [4.78, 5) is 37.7. The Morgan fingerprint density at radius 2 is 1.52 bits per heavy atom. The molecule has 0 unspecified atom stereocenters. The first kappa shape index (κ1) is 17.2. The van der Waals surface area contributed by atoms with Gasteiger partial charge in [-0.05, 0) is 42.9 Å². The van der Waals surface area contributed by atoms with E-state index in [9.17, 15) is 14.4 Å². The van der Waals surface area contributed by atoms with Crippen LogP contribution in [0, 0.1) is 0 Å². The molecule has 1 aliphatic rings. The number of carboxylic acid groups (broad SMARTS) is 1. The molecule has 1 aliphatic heterocycles. The van der Waals surface area contributed by atoms with E-state index in [1.807, 2.05) is 6.07 Å². The van der Waals surface area contributed by atoms with Crippen LogP contribution in [0.1, 0.15) is 43.9 Å². The molecule has 3 rings (SSSR count). The van der Waals surface area contributed by atoms with Crippen LogP contribution in [0.15, 0.2) is 53.4 Å². The zero-order valence-corrected chi connectivity index (χ0v) is 14.3. The molecule has 0 aromatic heterocycles. The molecule has 0 atom stereocenters. The Labute approximate surface area is 149 Å². The molecule has 6 heteroatoms. The van der Waals surface area contributed by atoms with Gasteiger partial charge >= 0.3 is 5.97 Å². The van der Waals surface area contributed by atoms with Gasteiger partial charge in [-0.1, -0.05) is 24.3 Å². The molecular weight excluding hydrogens is 338 g/mol. The number of fused-ring (bicyclic) bond motifs is 1. The third-order valence-corrected chi connectivity index (χ3v) is 5.19. The van der Waals surface area contributed by atoms with Crippen molar-refractivity contribution in [2.45, 2.75) is 17.7 Å². The molecule has 0 aliphatic carbocycles. The zero-order chi connectivity index (χ0) is 17.8. The van der Waals surface area contributed by atoms with Crippen LogP contribution in [0.2, 0.25) is 0 Å². The normalized spacial score (nSPS) is 13.2. The first-order valence-corrected chi connectivity index (χ1v) is 8.98. The van der Waals surface area contributed by atoms with Crippen LogP contribution in [0.5, 0.6) is 0 Å². The molecule has 128 valence electrons. The second-order valence-electron chi connectivity index (χ2n) is 5.66. The number of hydrogen-bond donors (Lipinski definition) is 1. The van der Waals surface area contributed by atoms with Gasteiger partial charge < -0.3 is 5.11 Å². The summed E-state index contributed by atoms with van der Waals surface area (Å²) in [7, 11) is 0. The molecule has 0 saturated heterocycles. The average molecular weight is 355 g/mol. The monoisotopic (exact) mass is 355 g/mol. The van der Waals surface area contributed by atoms with Crippen molar-refractivity contribution in [1.82, 2.24) is 4.90 Å². The fourth-order valence-corrected chi connectivity index (χ4v) is 3.82. The Balaban J connectivity index is 1.50. The fourth-order valence-electron chi connectivity index (χ4n) is 2.77. The van der Waals surface area contributed by atoms with Crippen molar-refractivity contribution in [2.24, 2.45) is 0 Å². The summed E-state index contributed by atoms with van der Waals surface area (Å²) >= 11 is 1.48. The number of benzene rings is 2. The third kappa shape index (κ3) is 3.58. The molecular formula is C19H17NO4S. The van der Waals surface area contributed by atoms with Crippen molar-refractivity contribution in [3.63, 3.8) is 0 Å². The molecule has 0 fully saturated rings. The number of carboxylic acids is 1. The Bertz CT molecular complexity index is 799. The number of nitrogens with zero attached hydrogens (tertiary/aromatic N) is 1. The maximum atomic E-state index is 12.2. The smallest absolute Gasteiger partial charge is 0.336 e. The van der Waals surface area contributed by atoms with Gasteiger partial charge in [0.1, 0.15) is 0 Å². The summed E-state index contributed by atoms with van der Waals surface area (Å²) in [6.07, 6.45) is 1.47. The van der Waals surface area contributed by atoms with Crippen LogP contribution < -0.4 is 0 Å². The Morgan fingerprint density at radius 3 is 2.16 bits per heavy atom. The third-order valence-electron chi connectivity index (χ3n) is 4.03. The standard InChI is InChI=1S/C19H17NO4S/c21-17-13-7-1-2-8-14(13)18(22)20(17)11-5-6-12-25-16-10-4-3-9-15(16)19(23)24/h1-4,7-10H,5-6,11-12H2,(H,23,24). The van der Waals surface area contributed by atoms with Crippen molar-refractivity contribution in [2.75, 3.05) is 12.3 Å². The molecule has 0 bridgehead atoms. The van der Waals surface area contributed by atoms with Gasteiger partial charge in [0.25, 0.3) is 11.8 Å². The summed E-state index contributed by atoms with van der Waals surface area (Å²) in [5.41, 5.74) is 1.24. The number of unbranched alkanes of at least 4 members (excludes halogenated alkanes) is 1. The fraction of sp³-hybridized carbons (Fsp3) is 0.211. The van der Waals surface area contributed by atoms with Gasteiger partial charge in [-0.2, -0.15) is 0 Å². The summed E-state index contributed by atoms with van der Waals surface area (Å²) in [6, 6.07) is 13.8. The maximum absolute atomic E-state index is 12.2. The summed E-state index contributed by atoms with van der Waals surface area (Å²) in [5, 5.41) is 9.16. The molecule has 2 aromatic carbocycles. The van der Waals surface area contributed by atoms with Crippen molar-refractivity contribution >= 4 is 29.5 Å². The van der Waals surface area contributed by atoms with Crippen LogP contribution in [0.3, 0.4) is 0 Å². The van der Waals surface area contributed by atoms with E-state index in [1.165, 1.54) is 16.7 Å². The minimum absolute atomic E-state index is 0.232. The molecule has 0 radical (unpaired) electrons. The van der Waals surface area contributed by atoms with Crippen LogP contribution >= 0.6 is 11.8 Å². The summed E-state index contributed by atoms with van der Waals surface area (Å²) in [5.74, 6) is -0.670. The minimum Gasteiger partial charge on any atom is -0.478 e. The van der Waals surface area contributed by atoms with Gasteiger partial charge in [-0.25, -0.2) is 4.79 Å². The highest BCUT2D eigenvalue weighted by Gasteiger charge is 2.34. The molecule has 2 aromatic rings. The number of thioether (sulfide) groups is 1. The number of carbonyl (C=O) groups is 3. The van der Waals surface area contributed by atoms with E-state index < -0.39 is 5.97 Å². The molecule has 2 amide bonds. The molecule has 1 N–H and O–H groups in total. The summed E-state index contributed by atoms with van der Waals surface area (Å²) < 4.78 is 0. The van der Waals surface area contributed by atoms with E-state index in [2.05, 4.69) is 0 Å². The largest absolute Gasteiger partial charge is 0.478 e. The van der Waals surface area contributed by atoms with Crippen LogP contribution in [0.25, 0.3) is 0 Å².